The highest BCUT2D eigenvalue weighted by molar-refractivity contribution is 5.96. The van der Waals surface area contributed by atoms with Crippen molar-refractivity contribution >= 4 is 16.8 Å². The standard InChI is InChI=1S/C12H13FN2O/c1-2-3-7-4-9(13)8-6-11(12(14)15)16-10(8)5-7/h4-6H,2-3H2,1H3,(H3,14,15). The molecule has 0 saturated carbocycles. The fraction of sp³-hybridized carbons (Fsp3) is 0.250. The number of halogens is 1. The molecule has 1 aromatic carbocycles. The summed E-state index contributed by atoms with van der Waals surface area (Å²) in [5.41, 5.74) is 6.64. The van der Waals surface area contributed by atoms with Gasteiger partial charge in [-0.3, -0.25) is 5.41 Å². The van der Waals surface area contributed by atoms with Crippen molar-refractivity contribution in [3.05, 3.63) is 35.3 Å². The smallest absolute Gasteiger partial charge is 0.169 e. The van der Waals surface area contributed by atoms with Crippen molar-refractivity contribution in [3.8, 4) is 0 Å². The summed E-state index contributed by atoms with van der Waals surface area (Å²) in [4.78, 5) is 0. The maximum atomic E-state index is 13.7. The lowest BCUT2D eigenvalue weighted by Crippen LogP contribution is -2.09. The van der Waals surface area contributed by atoms with Crippen LogP contribution in [0.2, 0.25) is 0 Å². The van der Waals surface area contributed by atoms with Crippen molar-refractivity contribution in [2.24, 2.45) is 5.73 Å². The van der Waals surface area contributed by atoms with Crippen LogP contribution in [-0.4, -0.2) is 5.84 Å². The van der Waals surface area contributed by atoms with Gasteiger partial charge < -0.3 is 10.2 Å². The van der Waals surface area contributed by atoms with Crippen molar-refractivity contribution in [2.45, 2.75) is 19.8 Å². The van der Waals surface area contributed by atoms with Gasteiger partial charge in [0.15, 0.2) is 11.6 Å². The fourth-order valence-corrected chi connectivity index (χ4v) is 1.72. The number of benzene rings is 1. The van der Waals surface area contributed by atoms with Gasteiger partial charge in [-0.25, -0.2) is 4.39 Å². The molecule has 2 rings (SSSR count). The molecule has 0 fully saturated rings. The first kappa shape index (κ1) is 10.7. The lowest BCUT2D eigenvalue weighted by molar-refractivity contribution is 0.598. The molecule has 4 heteroatoms. The molecule has 0 saturated heterocycles. The average molecular weight is 220 g/mol. The fourth-order valence-electron chi connectivity index (χ4n) is 1.72. The lowest BCUT2D eigenvalue weighted by atomic mass is 10.1. The van der Waals surface area contributed by atoms with E-state index < -0.39 is 0 Å². The van der Waals surface area contributed by atoms with Crippen LogP contribution in [0.15, 0.2) is 22.6 Å². The maximum absolute atomic E-state index is 13.7. The van der Waals surface area contributed by atoms with E-state index >= 15 is 0 Å². The van der Waals surface area contributed by atoms with Crippen LogP contribution in [0.5, 0.6) is 0 Å². The number of nitrogens with one attached hydrogen (secondary N) is 1. The summed E-state index contributed by atoms with van der Waals surface area (Å²) in [6.45, 7) is 2.03. The Hall–Kier alpha value is -1.84. The van der Waals surface area contributed by atoms with Crippen LogP contribution in [0.4, 0.5) is 4.39 Å². The van der Waals surface area contributed by atoms with Crippen molar-refractivity contribution < 1.29 is 8.81 Å². The number of hydrogen-bond donors (Lipinski definition) is 2. The summed E-state index contributed by atoms with van der Waals surface area (Å²) in [7, 11) is 0. The number of nitrogen functional groups attached to an aromatic ring is 1. The number of fused-ring (bicyclic) bond motifs is 1. The molecule has 2 aromatic rings. The van der Waals surface area contributed by atoms with Crippen molar-refractivity contribution in [3.63, 3.8) is 0 Å². The molecule has 84 valence electrons. The molecule has 0 bridgehead atoms. The van der Waals surface area contributed by atoms with Crippen molar-refractivity contribution in [2.75, 3.05) is 0 Å². The van der Waals surface area contributed by atoms with Crippen LogP contribution < -0.4 is 5.73 Å². The highest BCUT2D eigenvalue weighted by Gasteiger charge is 2.11. The summed E-state index contributed by atoms with van der Waals surface area (Å²) in [5.74, 6) is -0.299. The molecular formula is C12H13FN2O. The van der Waals surface area contributed by atoms with Crippen LogP contribution in [0.3, 0.4) is 0 Å². The second-order valence-electron chi connectivity index (χ2n) is 3.76. The molecule has 0 spiro atoms. The molecule has 0 aliphatic rings. The zero-order chi connectivity index (χ0) is 11.7. The van der Waals surface area contributed by atoms with E-state index in [9.17, 15) is 4.39 Å². The van der Waals surface area contributed by atoms with Gasteiger partial charge in [-0.05, 0) is 30.2 Å². The van der Waals surface area contributed by atoms with Gasteiger partial charge in [0.2, 0.25) is 0 Å². The molecule has 3 nitrogen and oxygen atoms in total. The van der Waals surface area contributed by atoms with Gasteiger partial charge in [-0.2, -0.15) is 0 Å². The largest absolute Gasteiger partial charge is 0.453 e. The summed E-state index contributed by atoms with van der Waals surface area (Å²) < 4.78 is 19.0. The van der Waals surface area contributed by atoms with Gasteiger partial charge in [0.05, 0.1) is 5.39 Å². The monoisotopic (exact) mass is 220 g/mol. The summed E-state index contributed by atoms with van der Waals surface area (Å²) in [6, 6.07) is 4.77. The number of furan rings is 1. The first-order valence-electron chi connectivity index (χ1n) is 5.18. The molecule has 1 heterocycles. The van der Waals surface area contributed by atoms with Gasteiger partial charge in [-0.15, -0.1) is 0 Å². The zero-order valence-electron chi connectivity index (χ0n) is 9.01. The van der Waals surface area contributed by atoms with E-state index in [1.165, 1.54) is 12.1 Å². The van der Waals surface area contributed by atoms with E-state index in [1.54, 1.807) is 6.07 Å². The van der Waals surface area contributed by atoms with Gasteiger partial charge in [0.25, 0.3) is 0 Å². The Morgan fingerprint density at radius 3 is 2.81 bits per heavy atom. The highest BCUT2D eigenvalue weighted by atomic mass is 19.1. The molecule has 0 atom stereocenters. The first-order chi connectivity index (χ1) is 7.61. The molecule has 0 amide bonds. The number of aryl methyl sites for hydroxylation is 1. The first-order valence-corrected chi connectivity index (χ1v) is 5.18. The highest BCUT2D eigenvalue weighted by Crippen LogP contribution is 2.24. The average Bonchev–Trinajstić information content (AvgIpc) is 2.62. The second kappa shape index (κ2) is 3.96. The molecule has 1 aromatic heterocycles. The summed E-state index contributed by atoms with van der Waals surface area (Å²) >= 11 is 0. The maximum Gasteiger partial charge on any atom is 0.169 e. The topological polar surface area (TPSA) is 63.0 Å². The predicted molar refractivity (Wildman–Crippen MR) is 61.2 cm³/mol. The Morgan fingerprint density at radius 2 is 2.19 bits per heavy atom. The van der Waals surface area contributed by atoms with Crippen molar-refractivity contribution in [1.29, 1.82) is 5.41 Å². The Labute approximate surface area is 92.6 Å². The van der Waals surface area contributed by atoms with E-state index in [4.69, 9.17) is 15.6 Å². The normalized spacial score (nSPS) is 10.9. The van der Waals surface area contributed by atoms with Crippen molar-refractivity contribution in [1.82, 2.24) is 0 Å². The van der Waals surface area contributed by atoms with Gasteiger partial charge in [-0.1, -0.05) is 13.3 Å². The summed E-state index contributed by atoms with van der Waals surface area (Å²) in [5, 5.41) is 7.61. The third kappa shape index (κ3) is 1.78. The number of nitrogens with two attached hydrogens (primary N) is 1. The SMILES string of the molecule is CCCc1cc(F)c2cc(C(=N)N)oc2c1. The predicted octanol–water partition coefficient (Wildman–Crippen LogP) is 2.81. The van der Waals surface area contributed by atoms with Crippen LogP contribution in [-0.2, 0) is 6.42 Å². The number of amidine groups is 1. The van der Waals surface area contributed by atoms with Gasteiger partial charge in [0.1, 0.15) is 11.4 Å². The van der Waals surface area contributed by atoms with E-state index in [-0.39, 0.29) is 17.4 Å². The molecule has 16 heavy (non-hydrogen) atoms. The third-order valence-electron chi connectivity index (χ3n) is 2.45. The third-order valence-corrected chi connectivity index (χ3v) is 2.45. The van der Waals surface area contributed by atoms with Crippen LogP contribution in [0, 0.1) is 11.2 Å². The van der Waals surface area contributed by atoms with E-state index in [0.29, 0.717) is 11.0 Å². The number of hydrogen-bond acceptors (Lipinski definition) is 2. The molecule has 0 radical (unpaired) electrons. The number of rotatable bonds is 3. The quantitative estimate of drug-likeness (QED) is 0.617. The molecule has 0 unspecified atom stereocenters. The Bertz CT molecular complexity index is 545. The van der Waals surface area contributed by atoms with Gasteiger partial charge >= 0.3 is 0 Å². The Kier molecular flexibility index (Phi) is 2.64. The lowest BCUT2D eigenvalue weighted by Gasteiger charge is -1.98. The molecular weight excluding hydrogens is 207 g/mol. The van der Waals surface area contributed by atoms with E-state index in [0.717, 1.165) is 18.4 Å². The Balaban J connectivity index is 2.58. The second-order valence-corrected chi connectivity index (χ2v) is 3.76. The summed E-state index contributed by atoms with van der Waals surface area (Å²) in [6.07, 6.45) is 1.76. The van der Waals surface area contributed by atoms with Gasteiger partial charge in [0, 0.05) is 0 Å². The van der Waals surface area contributed by atoms with Crippen LogP contribution >= 0.6 is 0 Å². The minimum Gasteiger partial charge on any atom is -0.453 e. The molecule has 0 aliphatic carbocycles. The molecule has 0 aliphatic heterocycles. The minimum absolute atomic E-state index is 0.187. The van der Waals surface area contributed by atoms with E-state index in [2.05, 4.69) is 0 Å². The minimum atomic E-state index is -0.322. The zero-order valence-corrected chi connectivity index (χ0v) is 9.01. The van der Waals surface area contributed by atoms with Crippen LogP contribution in [0.25, 0.3) is 11.0 Å². The van der Waals surface area contributed by atoms with E-state index in [1.807, 2.05) is 6.92 Å². The molecule has 3 N–H and O–H groups in total. The Morgan fingerprint density at radius 1 is 1.44 bits per heavy atom. The van der Waals surface area contributed by atoms with Crippen LogP contribution in [0.1, 0.15) is 24.7 Å².